The first-order chi connectivity index (χ1) is 4.84. The molecule has 0 aliphatic carbocycles. The molecule has 56 valence electrons. The number of nitrogens with zero attached hydrogens (tertiary/aromatic N) is 2. The second kappa shape index (κ2) is 3.37. The van der Waals surface area contributed by atoms with Crippen molar-refractivity contribution in [1.29, 1.82) is 0 Å². The first kappa shape index (κ1) is 7.28. The molecule has 0 amide bonds. The minimum Gasteiger partial charge on any atom is -0.361 e. The Morgan fingerprint density at radius 2 is 2.60 bits per heavy atom. The molecule has 0 saturated carbocycles. The maximum Gasteiger partial charge on any atom is 0.118 e. The van der Waals surface area contributed by atoms with Crippen LogP contribution in [0.5, 0.6) is 0 Å². The Bertz CT molecular complexity index is 151. The lowest BCUT2D eigenvalue weighted by molar-refractivity contribution is 0.446. The van der Waals surface area contributed by atoms with Crippen molar-refractivity contribution in [1.82, 2.24) is 10.2 Å². The van der Waals surface area contributed by atoms with Crippen molar-refractivity contribution in [2.24, 2.45) is 4.99 Å². The molecule has 0 atom stereocenters. The standard InChI is InChI=1S/C7H13N3/c1-3-9-7-6-8-4-5-10(7)2/h3,8H,1,4-6H2,2H3/b9-7-. The average molecular weight is 139 g/mol. The van der Waals surface area contributed by atoms with Crippen LogP contribution in [0.3, 0.4) is 0 Å². The number of rotatable bonds is 1. The van der Waals surface area contributed by atoms with Crippen LogP contribution in [-0.2, 0) is 0 Å². The van der Waals surface area contributed by atoms with Crippen LogP contribution in [-0.4, -0.2) is 37.4 Å². The van der Waals surface area contributed by atoms with Crippen molar-refractivity contribution in [2.45, 2.75) is 0 Å². The van der Waals surface area contributed by atoms with Gasteiger partial charge in [0.2, 0.25) is 0 Å². The Morgan fingerprint density at radius 1 is 1.80 bits per heavy atom. The summed E-state index contributed by atoms with van der Waals surface area (Å²) in [5.74, 6) is 1.07. The number of aliphatic imine (C=N–C) groups is 1. The van der Waals surface area contributed by atoms with E-state index in [0.717, 1.165) is 25.5 Å². The molecule has 0 bridgehead atoms. The van der Waals surface area contributed by atoms with E-state index in [-0.39, 0.29) is 0 Å². The van der Waals surface area contributed by atoms with E-state index < -0.39 is 0 Å². The van der Waals surface area contributed by atoms with Crippen molar-refractivity contribution >= 4 is 5.84 Å². The molecule has 0 aromatic carbocycles. The lowest BCUT2D eigenvalue weighted by Crippen LogP contribution is -2.45. The van der Waals surface area contributed by atoms with Crippen molar-refractivity contribution < 1.29 is 0 Å². The predicted molar refractivity (Wildman–Crippen MR) is 43.1 cm³/mol. The lowest BCUT2D eigenvalue weighted by Gasteiger charge is -2.26. The monoisotopic (exact) mass is 139 g/mol. The molecule has 0 spiro atoms. The van der Waals surface area contributed by atoms with Gasteiger partial charge in [0.05, 0.1) is 6.54 Å². The van der Waals surface area contributed by atoms with Crippen LogP contribution in [0.4, 0.5) is 0 Å². The van der Waals surface area contributed by atoms with Gasteiger partial charge in [-0.25, -0.2) is 4.99 Å². The summed E-state index contributed by atoms with van der Waals surface area (Å²) in [6.45, 7) is 6.49. The molecule has 0 aromatic heterocycles. The number of likely N-dealkylation sites (N-methyl/N-ethyl adjacent to an activating group) is 1. The van der Waals surface area contributed by atoms with Crippen LogP contribution in [0.2, 0.25) is 0 Å². The van der Waals surface area contributed by atoms with E-state index in [1.165, 1.54) is 0 Å². The molecule has 1 N–H and O–H groups in total. The topological polar surface area (TPSA) is 27.6 Å². The fourth-order valence-electron chi connectivity index (χ4n) is 0.961. The van der Waals surface area contributed by atoms with Crippen molar-refractivity contribution in [3.05, 3.63) is 12.8 Å². The van der Waals surface area contributed by atoms with Gasteiger partial charge in [0.15, 0.2) is 0 Å². The van der Waals surface area contributed by atoms with Crippen molar-refractivity contribution in [3.63, 3.8) is 0 Å². The fraction of sp³-hybridized carbons (Fsp3) is 0.571. The van der Waals surface area contributed by atoms with Gasteiger partial charge in [0.1, 0.15) is 5.84 Å². The maximum atomic E-state index is 4.11. The molecule has 0 unspecified atom stereocenters. The number of nitrogens with one attached hydrogen (secondary N) is 1. The van der Waals surface area contributed by atoms with Crippen LogP contribution in [0.1, 0.15) is 0 Å². The summed E-state index contributed by atoms with van der Waals surface area (Å²) in [5, 5.41) is 3.23. The zero-order chi connectivity index (χ0) is 7.40. The third-order valence-corrected chi connectivity index (χ3v) is 1.59. The van der Waals surface area contributed by atoms with E-state index in [1.54, 1.807) is 6.20 Å². The molecule has 0 aromatic rings. The second-order valence-corrected chi connectivity index (χ2v) is 2.33. The average Bonchev–Trinajstić information content (AvgIpc) is 1.94. The molecular weight excluding hydrogens is 126 g/mol. The summed E-state index contributed by atoms with van der Waals surface area (Å²) >= 11 is 0. The Hall–Kier alpha value is -0.830. The van der Waals surface area contributed by atoms with E-state index in [9.17, 15) is 0 Å². The Morgan fingerprint density at radius 3 is 3.20 bits per heavy atom. The third-order valence-electron chi connectivity index (χ3n) is 1.59. The molecule has 3 heteroatoms. The van der Waals surface area contributed by atoms with Crippen LogP contribution < -0.4 is 5.32 Å². The van der Waals surface area contributed by atoms with Crippen LogP contribution in [0.15, 0.2) is 17.8 Å². The smallest absolute Gasteiger partial charge is 0.118 e. The highest BCUT2D eigenvalue weighted by Gasteiger charge is 2.09. The van der Waals surface area contributed by atoms with Crippen LogP contribution in [0, 0.1) is 0 Å². The van der Waals surface area contributed by atoms with Crippen LogP contribution in [0.25, 0.3) is 0 Å². The lowest BCUT2D eigenvalue weighted by atomic mass is 10.4. The minimum atomic E-state index is 0.864. The van der Waals surface area contributed by atoms with E-state index in [4.69, 9.17) is 0 Å². The SMILES string of the molecule is C=C/N=C1/CNCCN1C. The molecule has 1 rings (SSSR count). The molecule has 1 aliphatic heterocycles. The highest BCUT2D eigenvalue weighted by molar-refractivity contribution is 5.85. The number of piperazine rings is 1. The third kappa shape index (κ3) is 1.57. The van der Waals surface area contributed by atoms with Gasteiger partial charge in [0, 0.05) is 26.3 Å². The first-order valence-electron chi connectivity index (χ1n) is 3.44. The number of hydrogen-bond acceptors (Lipinski definition) is 2. The summed E-state index contributed by atoms with van der Waals surface area (Å²) < 4.78 is 0. The molecule has 10 heavy (non-hydrogen) atoms. The number of amidine groups is 1. The van der Waals surface area contributed by atoms with Gasteiger partial charge in [0.25, 0.3) is 0 Å². The molecule has 1 heterocycles. The van der Waals surface area contributed by atoms with Crippen molar-refractivity contribution in [2.75, 3.05) is 26.7 Å². The summed E-state index contributed by atoms with van der Waals surface area (Å²) in [6.07, 6.45) is 1.58. The first-order valence-corrected chi connectivity index (χ1v) is 3.44. The molecule has 1 fully saturated rings. The van der Waals surface area contributed by atoms with E-state index in [0.29, 0.717) is 0 Å². The van der Waals surface area contributed by atoms with E-state index in [2.05, 4.69) is 21.8 Å². The molecule has 1 aliphatic rings. The highest BCUT2D eigenvalue weighted by atomic mass is 15.2. The largest absolute Gasteiger partial charge is 0.361 e. The van der Waals surface area contributed by atoms with E-state index in [1.807, 2.05) is 7.05 Å². The summed E-state index contributed by atoms with van der Waals surface area (Å²) in [5.41, 5.74) is 0. The van der Waals surface area contributed by atoms with Gasteiger partial charge < -0.3 is 10.2 Å². The second-order valence-electron chi connectivity index (χ2n) is 2.33. The molecule has 1 saturated heterocycles. The van der Waals surface area contributed by atoms with Gasteiger partial charge in [-0.15, -0.1) is 0 Å². The fourth-order valence-corrected chi connectivity index (χ4v) is 0.961. The van der Waals surface area contributed by atoms with Gasteiger partial charge in [-0.1, -0.05) is 6.58 Å². The molecule has 0 radical (unpaired) electrons. The highest BCUT2D eigenvalue weighted by Crippen LogP contribution is 1.91. The Kier molecular flexibility index (Phi) is 2.45. The minimum absolute atomic E-state index is 0.864. The van der Waals surface area contributed by atoms with Gasteiger partial charge in [-0.2, -0.15) is 0 Å². The van der Waals surface area contributed by atoms with Gasteiger partial charge in [-0.05, 0) is 0 Å². The molecule has 3 nitrogen and oxygen atoms in total. The van der Waals surface area contributed by atoms with Gasteiger partial charge in [-0.3, -0.25) is 0 Å². The molecular formula is C7H13N3. The van der Waals surface area contributed by atoms with Crippen molar-refractivity contribution in [3.8, 4) is 0 Å². The van der Waals surface area contributed by atoms with Crippen LogP contribution >= 0.6 is 0 Å². The Labute approximate surface area is 61.4 Å². The Balaban J connectivity index is 2.55. The zero-order valence-corrected chi connectivity index (χ0v) is 6.30. The number of hydrogen-bond donors (Lipinski definition) is 1. The van der Waals surface area contributed by atoms with Gasteiger partial charge >= 0.3 is 0 Å². The quantitative estimate of drug-likeness (QED) is 0.556. The predicted octanol–water partition coefficient (Wildman–Crippen LogP) is 0.0634. The normalized spacial score (nSPS) is 23.3. The zero-order valence-electron chi connectivity index (χ0n) is 6.30. The summed E-state index contributed by atoms with van der Waals surface area (Å²) in [4.78, 5) is 6.25. The maximum absolute atomic E-state index is 4.11. The summed E-state index contributed by atoms with van der Waals surface area (Å²) in [7, 11) is 2.04. The summed E-state index contributed by atoms with van der Waals surface area (Å²) in [6, 6.07) is 0. The van der Waals surface area contributed by atoms with E-state index >= 15 is 0 Å².